The minimum Gasteiger partial charge on any atom is -0.365 e. The summed E-state index contributed by atoms with van der Waals surface area (Å²) >= 11 is 0. The zero-order chi connectivity index (χ0) is 15.2. The zero-order valence-electron chi connectivity index (χ0n) is 13.4. The van der Waals surface area contributed by atoms with E-state index < -0.39 is 0 Å². The number of anilines is 1. The molecule has 1 aliphatic rings. The molecule has 2 N–H and O–H groups in total. The Bertz CT molecular complexity index is 483. The topological polar surface area (TPSA) is 44.4 Å². The van der Waals surface area contributed by atoms with Crippen LogP contribution in [0, 0.1) is 6.92 Å². The molecule has 0 unspecified atom stereocenters. The Balaban J connectivity index is 1.89. The first-order valence-corrected chi connectivity index (χ1v) is 7.91. The SMILES string of the molecule is CCCNCc1ccc(N(C)CC(=O)NC2CC2)cc1C. The Labute approximate surface area is 127 Å². The summed E-state index contributed by atoms with van der Waals surface area (Å²) in [4.78, 5) is 13.8. The second-order valence-electron chi connectivity index (χ2n) is 5.99. The molecule has 0 radical (unpaired) electrons. The highest BCUT2D eigenvalue weighted by Gasteiger charge is 2.23. The first-order valence-electron chi connectivity index (χ1n) is 7.91. The number of hydrogen-bond donors (Lipinski definition) is 2. The van der Waals surface area contributed by atoms with Gasteiger partial charge in [0.05, 0.1) is 6.54 Å². The van der Waals surface area contributed by atoms with Crippen molar-refractivity contribution in [2.24, 2.45) is 0 Å². The molecule has 1 fully saturated rings. The lowest BCUT2D eigenvalue weighted by Gasteiger charge is -2.20. The molecule has 0 heterocycles. The van der Waals surface area contributed by atoms with Gasteiger partial charge in [0.2, 0.25) is 5.91 Å². The minimum atomic E-state index is 0.117. The Morgan fingerprint density at radius 1 is 1.38 bits per heavy atom. The molecule has 116 valence electrons. The van der Waals surface area contributed by atoms with Gasteiger partial charge >= 0.3 is 0 Å². The van der Waals surface area contributed by atoms with E-state index in [0.29, 0.717) is 12.6 Å². The van der Waals surface area contributed by atoms with Gasteiger partial charge in [-0.1, -0.05) is 13.0 Å². The highest BCUT2D eigenvalue weighted by Crippen LogP contribution is 2.20. The second-order valence-corrected chi connectivity index (χ2v) is 5.99. The van der Waals surface area contributed by atoms with Gasteiger partial charge in [0.25, 0.3) is 0 Å². The van der Waals surface area contributed by atoms with Crippen LogP contribution >= 0.6 is 0 Å². The molecule has 0 aromatic heterocycles. The number of likely N-dealkylation sites (N-methyl/N-ethyl adjacent to an activating group) is 1. The lowest BCUT2D eigenvalue weighted by atomic mass is 10.1. The molecule has 0 bridgehead atoms. The number of hydrogen-bond acceptors (Lipinski definition) is 3. The molecular formula is C17H27N3O. The van der Waals surface area contributed by atoms with Gasteiger partial charge in [-0.3, -0.25) is 4.79 Å². The van der Waals surface area contributed by atoms with Crippen LogP contribution in [0.4, 0.5) is 5.69 Å². The van der Waals surface area contributed by atoms with Crippen molar-refractivity contribution in [1.82, 2.24) is 10.6 Å². The Morgan fingerprint density at radius 2 is 2.14 bits per heavy atom. The fraction of sp³-hybridized carbons (Fsp3) is 0.588. The number of benzene rings is 1. The van der Waals surface area contributed by atoms with E-state index in [2.05, 4.69) is 42.7 Å². The van der Waals surface area contributed by atoms with Crippen LogP contribution in [0.5, 0.6) is 0 Å². The van der Waals surface area contributed by atoms with Crippen molar-refractivity contribution in [3.05, 3.63) is 29.3 Å². The zero-order valence-corrected chi connectivity index (χ0v) is 13.4. The highest BCUT2D eigenvalue weighted by atomic mass is 16.2. The number of carbonyl (C=O) groups is 1. The maximum absolute atomic E-state index is 11.8. The molecule has 1 amide bonds. The van der Waals surface area contributed by atoms with Crippen LogP contribution in [0.15, 0.2) is 18.2 Å². The quantitative estimate of drug-likeness (QED) is 0.721. The third-order valence-electron chi connectivity index (χ3n) is 3.83. The van der Waals surface area contributed by atoms with E-state index in [-0.39, 0.29) is 5.91 Å². The summed E-state index contributed by atoms with van der Waals surface area (Å²) in [5.74, 6) is 0.117. The number of amides is 1. The number of aryl methyl sites for hydroxylation is 1. The van der Waals surface area contributed by atoms with E-state index in [1.165, 1.54) is 11.1 Å². The second kappa shape index (κ2) is 7.46. The molecule has 4 heteroatoms. The predicted octanol–water partition coefficient (Wildman–Crippen LogP) is 2.21. The van der Waals surface area contributed by atoms with Crippen molar-refractivity contribution in [3.8, 4) is 0 Å². The average Bonchev–Trinajstić information content (AvgIpc) is 3.24. The fourth-order valence-electron chi connectivity index (χ4n) is 2.32. The maximum atomic E-state index is 11.8. The third kappa shape index (κ3) is 5.05. The lowest BCUT2D eigenvalue weighted by Crippen LogP contribution is -2.36. The van der Waals surface area contributed by atoms with Crippen molar-refractivity contribution >= 4 is 11.6 Å². The average molecular weight is 289 g/mol. The van der Waals surface area contributed by atoms with Gasteiger partial charge in [-0.15, -0.1) is 0 Å². The van der Waals surface area contributed by atoms with Crippen molar-refractivity contribution in [2.75, 3.05) is 25.0 Å². The molecule has 4 nitrogen and oxygen atoms in total. The van der Waals surface area contributed by atoms with Gasteiger partial charge in [-0.25, -0.2) is 0 Å². The third-order valence-corrected chi connectivity index (χ3v) is 3.83. The Morgan fingerprint density at radius 3 is 2.76 bits per heavy atom. The van der Waals surface area contributed by atoms with Crippen molar-refractivity contribution in [2.45, 2.75) is 45.7 Å². The Kier molecular flexibility index (Phi) is 5.62. The van der Waals surface area contributed by atoms with Crippen LogP contribution in [0.25, 0.3) is 0 Å². The molecule has 0 spiro atoms. The summed E-state index contributed by atoms with van der Waals surface area (Å²) in [6.07, 6.45) is 3.41. The van der Waals surface area contributed by atoms with Crippen LogP contribution in [0.1, 0.15) is 37.3 Å². The molecule has 1 aliphatic carbocycles. The van der Waals surface area contributed by atoms with Gasteiger partial charge in [-0.2, -0.15) is 0 Å². The summed E-state index contributed by atoms with van der Waals surface area (Å²) in [5.41, 5.74) is 3.69. The normalized spacial score (nSPS) is 14.0. The van der Waals surface area contributed by atoms with E-state index in [0.717, 1.165) is 38.0 Å². The summed E-state index contributed by atoms with van der Waals surface area (Å²) in [6.45, 7) is 6.67. The molecule has 21 heavy (non-hydrogen) atoms. The van der Waals surface area contributed by atoms with Gasteiger partial charge in [0, 0.05) is 25.3 Å². The standard InChI is InChI=1S/C17H27N3O/c1-4-9-18-11-14-5-8-16(10-13(14)2)20(3)12-17(21)19-15-6-7-15/h5,8,10,15,18H,4,6-7,9,11-12H2,1-3H3,(H,19,21). The molecule has 1 aromatic carbocycles. The molecule has 0 aliphatic heterocycles. The van der Waals surface area contributed by atoms with Crippen LogP contribution in [-0.4, -0.2) is 32.1 Å². The fourth-order valence-corrected chi connectivity index (χ4v) is 2.32. The Hall–Kier alpha value is -1.55. The number of carbonyl (C=O) groups excluding carboxylic acids is 1. The van der Waals surface area contributed by atoms with Gasteiger partial charge in [0.1, 0.15) is 0 Å². The van der Waals surface area contributed by atoms with E-state index in [9.17, 15) is 4.79 Å². The number of nitrogens with zero attached hydrogens (tertiary/aromatic N) is 1. The van der Waals surface area contributed by atoms with E-state index in [4.69, 9.17) is 0 Å². The maximum Gasteiger partial charge on any atom is 0.239 e. The monoisotopic (exact) mass is 289 g/mol. The molecule has 1 saturated carbocycles. The largest absolute Gasteiger partial charge is 0.365 e. The summed E-state index contributed by atoms with van der Waals surface area (Å²) in [6, 6.07) is 6.84. The van der Waals surface area contributed by atoms with E-state index >= 15 is 0 Å². The first kappa shape index (κ1) is 15.8. The number of nitrogens with one attached hydrogen (secondary N) is 2. The summed E-state index contributed by atoms with van der Waals surface area (Å²) in [5, 5.41) is 6.45. The highest BCUT2D eigenvalue weighted by molar-refractivity contribution is 5.81. The smallest absolute Gasteiger partial charge is 0.239 e. The molecular weight excluding hydrogens is 262 g/mol. The van der Waals surface area contributed by atoms with E-state index in [1.807, 2.05) is 11.9 Å². The van der Waals surface area contributed by atoms with Crippen LogP contribution in [0.3, 0.4) is 0 Å². The van der Waals surface area contributed by atoms with Gasteiger partial charge < -0.3 is 15.5 Å². The van der Waals surface area contributed by atoms with Crippen LogP contribution in [-0.2, 0) is 11.3 Å². The number of rotatable bonds is 8. The van der Waals surface area contributed by atoms with Crippen molar-refractivity contribution in [1.29, 1.82) is 0 Å². The predicted molar refractivity (Wildman–Crippen MR) is 87.6 cm³/mol. The van der Waals surface area contributed by atoms with Crippen molar-refractivity contribution in [3.63, 3.8) is 0 Å². The summed E-state index contributed by atoms with van der Waals surface area (Å²) < 4.78 is 0. The lowest BCUT2D eigenvalue weighted by molar-refractivity contribution is -0.119. The van der Waals surface area contributed by atoms with Gasteiger partial charge in [-0.05, 0) is 56.0 Å². The summed E-state index contributed by atoms with van der Waals surface area (Å²) in [7, 11) is 1.97. The molecule has 0 saturated heterocycles. The van der Waals surface area contributed by atoms with Crippen LogP contribution < -0.4 is 15.5 Å². The van der Waals surface area contributed by atoms with Crippen molar-refractivity contribution < 1.29 is 4.79 Å². The first-order chi connectivity index (χ1) is 10.1. The molecule has 2 rings (SSSR count). The van der Waals surface area contributed by atoms with Crippen LogP contribution in [0.2, 0.25) is 0 Å². The molecule has 0 atom stereocenters. The minimum absolute atomic E-state index is 0.117. The molecule has 1 aromatic rings. The van der Waals surface area contributed by atoms with E-state index in [1.54, 1.807) is 0 Å². The van der Waals surface area contributed by atoms with Gasteiger partial charge in [0.15, 0.2) is 0 Å².